The quantitative estimate of drug-likeness (QED) is 0.287. The van der Waals surface area contributed by atoms with Gasteiger partial charge in [-0.2, -0.15) is 0 Å². The Labute approximate surface area is 214 Å². The first kappa shape index (κ1) is 24.3. The smallest absolute Gasteiger partial charge is 0.268 e. The molecule has 4 nitrogen and oxygen atoms in total. The third kappa shape index (κ3) is 4.58. The van der Waals surface area contributed by atoms with Gasteiger partial charge in [0.05, 0.1) is 0 Å². The Hall–Kier alpha value is -3.37. The summed E-state index contributed by atoms with van der Waals surface area (Å²) in [6, 6.07) is 30.1. The first-order valence-electron chi connectivity index (χ1n) is 13.5. The summed E-state index contributed by atoms with van der Waals surface area (Å²) >= 11 is 0. The van der Waals surface area contributed by atoms with Crippen LogP contribution in [-0.4, -0.2) is 30.1 Å². The monoisotopic (exact) mass is 479 g/mol. The molecule has 0 saturated carbocycles. The number of amides is 1. The van der Waals surface area contributed by atoms with E-state index >= 15 is 0 Å². The van der Waals surface area contributed by atoms with Crippen LogP contribution in [0.3, 0.4) is 0 Å². The van der Waals surface area contributed by atoms with Gasteiger partial charge in [0.1, 0.15) is 5.69 Å². The van der Waals surface area contributed by atoms with Crippen LogP contribution in [0.4, 0.5) is 0 Å². The Kier molecular flexibility index (Phi) is 7.52. The van der Waals surface area contributed by atoms with Crippen molar-refractivity contribution in [1.29, 1.82) is 0 Å². The number of hydrogen-bond acceptors (Lipinski definition) is 2. The molecule has 5 rings (SSSR count). The number of hydrogen-bond donors (Lipinski definition) is 2. The third-order valence-electron chi connectivity index (χ3n) is 7.65. The minimum atomic E-state index is -0.0415. The molecule has 4 aromatic rings. The Morgan fingerprint density at radius 3 is 2.17 bits per heavy atom. The first-order valence-corrected chi connectivity index (χ1v) is 13.5. The van der Waals surface area contributed by atoms with Gasteiger partial charge in [0.15, 0.2) is 0 Å². The van der Waals surface area contributed by atoms with Gasteiger partial charge < -0.3 is 15.2 Å². The van der Waals surface area contributed by atoms with Crippen molar-refractivity contribution in [3.63, 3.8) is 0 Å². The topological polar surface area (TPSA) is 46.1 Å². The van der Waals surface area contributed by atoms with Crippen molar-refractivity contribution in [2.24, 2.45) is 5.92 Å². The standard InChI is InChI=1S/C32H37N3O/c1-3-20-34-32(36)31-30(29(23-13-7-5-8-14-23)24-15-9-6-10-16-24)26-17-11-12-18-28(26)35(31)27(4-2)25-19-21-33-22-25/h5-18,25,27,29,33H,3-4,19-22H2,1-2H3,(H,34,36). The molecule has 0 aliphatic carbocycles. The SMILES string of the molecule is CCCNC(=O)c1c(C(c2ccccc2)c2ccccc2)c2ccccc2n1C(CC)C1CCNC1. The minimum Gasteiger partial charge on any atom is -0.351 e. The summed E-state index contributed by atoms with van der Waals surface area (Å²) < 4.78 is 2.40. The predicted octanol–water partition coefficient (Wildman–Crippen LogP) is 6.52. The fraction of sp³-hybridized carbons (Fsp3) is 0.344. The second kappa shape index (κ2) is 11.1. The molecule has 2 unspecified atom stereocenters. The van der Waals surface area contributed by atoms with E-state index in [1.807, 2.05) is 0 Å². The van der Waals surface area contributed by atoms with Crippen LogP contribution in [0.15, 0.2) is 84.9 Å². The molecule has 1 aliphatic rings. The molecule has 3 aromatic carbocycles. The van der Waals surface area contributed by atoms with Gasteiger partial charge in [-0.25, -0.2) is 0 Å². The third-order valence-corrected chi connectivity index (χ3v) is 7.65. The highest BCUT2D eigenvalue weighted by molar-refractivity contribution is 6.03. The summed E-state index contributed by atoms with van der Waals surface area (Å²) in [5, 5.41) is 7.97. The van der Waals surface area contributed by atoms with Gasteiger partial charge in [-0.05, 0) is 55.5 Å². The number of carbonyl (C=O) groups excluding carboxylic acids is 1. The van der Waals surface area contributed by atoms with Crippen molar-refractivity contribution in [2.45, 2.75) is 45.1 Å². The van der Waals surface area contributed by atoms with Gasteiger partial charge in [-0.1, -0.05) is 92.7 Å². The predicted molar refractivity (Wildman–Crippen MR) is 149 cm³/mol. The number of benzene rings is 3. The lowest BCUT2D eigenvalue weighted by Gasteiger charge is -2.27. The van der Waals surface area contributed by atoms with Crippen LogP contribution in [0.2, 0.25) is 0 Å². The van der Waals surface area contributed by atoms with E-state index in [1.54, 1.807) is 0 Å². The minimum absolute atomic E-state index is 0.0318. The van der Waals surface area contributed by atoms with Crippen LogP contribution in [0, 0.1) is 5.92 Å². The van der Waals surface area contributed by atoms with Crippen molar-refractivity contribution in [3.05, 3.63) is 107 Å². The van der Waals surface area contributed by atoms with Crippen LogP contribution < -0.4 is 10.6 Å². The van der Waals surface area contributed by atoms with Crippen molar-refractivity contribution in [1.82, 2.24) is 15.2 Å². The molecule has 0 bridgehead atoms. The number of rotatable bonds is 9. The highest BCUT2D eigenvalue weighted by Crippen LogP contribution is 2.43. The zero-order valence-corrected chi connectivity index (χ0v) is 21.4. The highest BCUT2D eigenvalue weighted by Gasteiger charge is 2.34. The molecule has 0 spiro atoms. The molecular formula is C32H37N3O. The normalized spacial score (nSPS) is 16.5. The van der Waals surface area contributed by atoms with Gasteiger partial charge in [-0.3, -0.25) is 4.79 Å². The molecule has 0 radical (unpaired) electrons. The molecule has 1 aliphatic heterocycles. The second-order valence-electron chi connectivity index (χ2n) is 9.89. The van der Waals surface area contributed by atoms with E-state index < -0.39 is 0 Å². The lowest BCUT2D eigenvalue weighted by atomic mass is 9.83. The molecule has 1 fully saturated rings. The average Bonchev–Trinajstić information content (AvgIpc) is 3.57. The number of aromatic nitrogens is 1. The zero-order valence-electron chi connectivity index (χ0n) is 21.4. The maximum atomic E-state index is 14.1. The van der Waals surface area contributed by atoms with Crippen molar-refractivity contribution in [3.8, 4) is 0 Å². The fourth-order valence-corrected chi connectivity index (χ4v) is 6.03. The maximum absolute atomic E-state index is 14.1. The van der Waals surface area contributed by atoms with Crippen LogP contribution in [-0.2, 0) is 0 Å². The molecule has 36 heavy (non-hydrogen) atoms. The average molecular weight is 480 g/mol. The summed E-state index contributed by atoms with van der Waals surface area (Å²) in [7, 11) is 0. The summed E-state index contributed by atoms with van der Waals surface area (Å²) in [5.41, 5.74) is 5.49. The molecule has 1 aromatic heterocycles. The van der Waals surface area contributed by atoms with E-state index in [9.17, 15) is 4.79 Å². The van der Waals surface area contributed by atoms with Gasteiger partial charge >= 0.3 is 0 Å². The van der Waals surface area contributed by atoms with E-state index in [2.05, 4.69) is 114 Å². The summed E-state index contributed by atoms with van der Waals surface area (Å²) in [5.74, 6) is 0.493. The molecule has 2 heterocycles. The Balaban J connectivity index is 1.83. The molecule has 1 amide bonds. The van der Waals surface area contributed by atoms with Crippen LogP contribution in [0.1, 0.15) is 72.2 Å². The van der Waals surface area contributed by atoms with Crippen LogP contribution >= 0.6 is 0 Å². The highest BCUT2D eigenvalue weighted by atomic mass is 16.1. The van der Waals surface area contributed by atoms with Crippen molar-refractivity contribution < 1.29 is 4.79 Å². The van der Waals surface area contributed by atoms with E-state index in [4.69, 9.17) is 0 Å². The summed E-state index contributed by atoms with van der Waals surface area (Å²) in [4.78, 5) is 14.1. The second-order valence-corrected chi connectivity index (χ2v) is 9.89. The molecule has 2 atom stereocenters. The Bertz CT molecular complexity index is 1250. The molecular weight excluding hydrogens is 442 g/mol. The lowest BCUT2D eigenvalue weighted by Crippen LogP contribution is -2.31. The van der Waals surface area contributed by atoms with E-state index in [1.165, 1.54) is 16.5 Å². The van der Waals surface area contributed by atoms with Crippen LogP contribution in [0.25, 0.3) is 10.9 Å². The molecule has 4 heteroatoms. The first-order chi connectivity index (χ1) is 17.7. The number of para-hydroxylation sites is 1. The van der Waals surface area contributed by atoms with Crippen molar-refractivity contribution in [2.75, 3.05) is 19.6 Å². The summed E-state index contributed by atoms with van der Waals surface area (Å²) in [6.45, 7) is 7.07. The van der Waals surface area contributed by atoms with Crippen LogP contribution in [0.5, 0.6) is 0 Å². The van der Waals surface area contributed by atoms with E-state index in [0.29, 0.717) is 12.5 Å². The van der Waals surface area contributed by atoms with E-state index in [-0.39, 0.29) is 17.9 Å². The van der Waals surface area contributed by atoms with Gasteiger partial charge in [-0.15, -0.1) is 0 Å². The largest absolute Gasteiger partial charge is 0.351 e. The Morgan fingerprint density at radius 2 is 1.58 bits per heavy atom. The molecule has 2 N–H and O–H groups in total. The van der Waals surface area contributed by atoms with E-state index in [0.717, 1.165) is 49.1 Å². The number of fused-ring (bicyclic) bond motifs is 1. The Morgan fingerprint density at radius 1 is 0.944 bits per heavy atom. The molecule has 186 valence electrons. The van der Waals surface area contributed by atoms with Gasteiger partial charge in [0, 0.05) is 35.0 Å². The number of carbonyl (C=O) groups is 1. The zero-order chi connectivity index (χ0) is 24.9. The number of nitrogens with one attached hydrogen (secondary N) is 2. The fourth-order valence-electron chi connectivity index (χ4n) is 6.03. The van der Waals surface area contributed by atoms with Gasteiger partial charge in [0.2, 0.25) is 0 Å². The van der Waals surface area contributed by atoms with Gasteiger partial charge in [0.25, 0.3) is 5.91 Å². The maximum Gasteiger partial charge on any atom is 0.268 e. The lowest BCUT2D eigenvalue weighted by molar-refractivity contribution is 0.0939. The summed E-state index contributed by atoms with van der Waals surface area (Å²) in [6.07, 6.45) is 3.03. The number of nitrogens with zero attached hydrogens (tertiary/aromatic N) is 1. The molecule has 1 saturated heterocycles. The van der Waals surface area contributed by atoms with Crippen molar-refractivity contribution >= 4 is 16.8 Å².